The van der Waals surface area contributed by atoms with Crippen LogP contribution in [0, 0.1) is 15.9 Å². The van der Waals surface area contributed by atoms with Crippen molar-refractivity contribution >= 4 is 17.6 Å². The maximum atomic E-state index is 13.0. The minimum Gasteiger partial charge on any atom is -0.488 e. The van der Waals surface area contributed by atoms with Crippen LogP contribution in [0.5, 0.6) is 5.75 Å². The highest BCUT2D eigenvalue weighted by molar-refractivity contribution is 5.84. The van der Waals surface area contributed by atoms with Crippen molar-refractivity contribution in [2.24, 2.45) is 5.10 Å². The van der Waals surface area contributed by atoms with Crippen LogP contribution < -0.4 is 10.2 Å². The normalized spacial score (nSPS) is 10.7. The van der Waals surface area contributed by atoms with Crippen molar-refractivity contribution in [3.63, 3.8) is 0 Å². The third-order valence-electron chi connectivity index (χ3n) is 3.70. The molecule has 0 saturated heterocycles. The maximum absolute atomic E-state index is 13.0. The molecule has 0 atom stereocenters. The summed E-state index contributed by atoms with van der Waals surface area (Å²) in [5, 5.41) is 14.8. The number of nitrogens with zero attached hydrogens (tertiary/aromatic N) is 2. The number of halogens is 1. The number of hydrogen-bond acceptors (Lipinski definition) is 5. The Morgan fingerprint density at radius 2 is 1.74 bits per heavy atom. The topological polar surface area (TPSA) is 76.8 Å². The van der Waals surface area contributed by atoms with Crippen molar-refractivity contribution in [3.8, 4) is 5.75 Å². The Balaban J connectivity index is 1.63. The molecule has 0 heterocycles. The number of ether oxygens (including phenoxy) is 1. The predicted octanol–water partition coefficient (Wildman–Crippen LogP) is 4.76. The lowest BCUT2D eigenvalue weighted by molar-refractivity contribution is -0.384. The molecule has 0 unspecified atom stereocenters. The van der Waals surface area contributed by atoms with E-state index in [0.717, 1.165) is 11.1 Å². The van der Waals surface area contributed by atoms with Crippen LogP contribution in [0.1, 0.15) is 11.1 Å². The van der Waals surface area contributed by atoms with Gasteiger partial charge in [-0.1, -0.05) is 24.3 Å². The number of nitro groups is 1. The van der Waals surface area contributed by atoms with Gasteiger partial charge in [0, 0.05) is 17.7 Å². The smallest absolute Gasteiger partial charge is 0.269 e. The Bertz CT molecular complexity index is 941. The van der Waals surface area contributed by atoms with Crippen LogP contribution in [0.3, 0.4) is 0 Å². The average molecular weight is 365 g/mol. The molecule has 3 aromatic rings. The summed E-state index contributed by atoms with van der Waals surface area (Å²) in [4.78, 5) is 10.2. The number of hydrazone groups is 1. The monoisotopic (exact) mass is 365 g/mol. The molecule has 0 radical (unpaired) electrons. The molecule has 0 amide bonds. The number of para-hydroxylation sites is 1. The minimum atomic E-state index is -0.457. The molecule has 0 bridgehead atoms. The number of benzene rings is 3. The number of nitro benzene ring substituents is 1. The van der Waals surface area contributed by atoms with E-state index in [2.05, 4.69) is 10.5 Å². The van der Waals surface area contributed by atoms with E-state index in [0.29, 0.717) is 18.0 Å². The summed E-state index contributed by atoms with van der Waals surface area (Å²) in [6.45, 7) is 0.306. The zero-order chi connectivity index (χ0) is 19.1. The number of nitrogens with one attached hydrogen (secondary N) is 1. The van der Waals surface area contributed by atoms with Crippen LogP contribution in [0.4, 0.5) is 15.8 Å². The first kappa shape index (κ1) is 18.1. The van der Waals surface area contributed by atoms with E-state index in [9.17, 15) is 14.5 Å². The highest BCUT2D eigenvalue weighted by Gasteiger charge is 2.04. The van der Waals surface area contributed by atoms with Crippen molar-refractivity contribution in [1.29, 1.82) is 0 Å². The Morgan fingerprint density at radius 3 is 2.44 bits per heavy atom. The van der Waals surface area contributed by atoms with Crippen molar-refractivity contribution in [2.45, 2.75) is 6.61 Å². The van der Waals surface area contributed by atoms with E-state index in [4.69, 9.17) is 4.74 Å². The first-order valence-corrected chi connectivity index (χ1v) is 8.11. The summed E-state index contributed by atoms with van der Waals surface area (Å²) >= 11 is 0. The lowest BCUT2D eigenvalue weighted by Crippen LogP contribution is -1.99. The fourth-order valence-electron chi connectivity index (χ4n) is 2.29. The van der Waals surface area contributed by atoms with E-state index in [1.165, 1.54) is 24.3 Å². The van der Waals surface area contributed by atoms with Crippen LogP contribution in [-0.4, -0.2) is 11.1 Å². The largest absolute Gasteiger partial charge is 0.488 e. The molecule has 6 nitrogen and oxygen atoms in total. The van der Waals surface area contributed by atoms with E-state index in [1.807, 2.05) is 24.3 Å². The molecule has 3 aromatic carbocycles. The lowest BCUT2D eigenvalue weighted by Gasteiger charge is -2.09. The van der Waals surface area contributed by atoms with Gasteiger partial charge in [0.25, 0.3) is 5.69 Å². The second-order valence-corrected chi connectivity index (χ2v) is 5.63. The molecule has 0 spiro atoms. The van der Waals surface area contributed by atoms with Crippen LogP contribution >= 0.6 is 0 Å². The number of anilines is 1. The quantitative estimate of drug-likeness (QED) is 0.372. The molecular weight excluding hydrogens is 349 g/mol. The summed E-state index contributed by atoms with van der Waals surface area (Å²) in [5.74, 6) is 0.347. The molecule has 0 saturated carbocycles. The molecule has 0 aliphatic carbocycles. The Hall–Kier alpha value is -3.74. The molecule has 27 heavy (non-hydrogen) atoms. The summed E-state index contributed by atoms with van der Waals surface area (Å²) in [7, 11) is 0. The maximum Gasteiger partial charge on any atom is 0.269 e. The van der Waals surface area contributed by atoms with E-state index in [-0.39, 0.29) is 11.5 Å². The Labute approximate surface area is 155 Å². The van der Waals surface area contributed by atoms with Gasteiger partial charge in [0.15, 0.2) is 0 Å². The highest BCUT2D eigenvalue weighted by atomic mass is 19.1. The third kappa shape index (κ3) is 5.12. The molecule has 136 valence electrons. The minimum absolute atomic E-state index is 0.0177. The average Bonchev–Trinajstić information content (AvgIpc) is 2.69. The van der Waals surface area contributed by atoms with Crippen LogP contribution in [-0.2, 0) is 6.61 Å². The zero-order valence-electron chi connectivity index (χ0n) is 14.2. The van der Waals surface area contributed by atoms with Gasteiger partial charge in [-0.2, -0.15) is 5.10 Å². The van der Waals surface area contributed by atoms with E-state index < -0.39 is 4.92 Å². The summed E-state index contributed by atoms with van der Waals surface area (Å²) < 4.78 is 18.7. The fraction of sp³-hybridized carbons (Fsp3) is 0.0500. The molecular formula is C20H16FN3O3. The first-order chi connectivity index (χ1) is 13.1. The second kappa shape index (κ2) is 8.57. The highest BCUT2D eigenvalue weighted by Crippen LogP contribution is 2.19. The van der Waals surface area contributed by atoms with Gasteiger partial charge in [-0.3, -0.25) is 15.5 Å². The van der Waals surface area contributed by atoms with E-state index >= 15 is 0 Å². The molecule has 0 aromatic heterocycles. The van der Waals surface area contributed by atoms with Gasteiger partial charge in [-0.15, -0.1) is 0 Å². The second-order valence-electron chi connectivity index (χ2n) is 5.63. The van der Waals surface area contributed by atoms with Crippen LogP contribution in [0.2, 0.25) is 0 Å². The number of hydrogen-bond donors (Lipinski definition) is 1. The number of non-ortho nitro benzene ring substituents is 1. The van der Waals surface area contributed by atoms with Crippen LogP contribution in [0.15, 0.2) is 77.9 Å². The van der Waals surface area contributed by atoms with Gasteiger partial charge < -0.3 is 4.74 Å². The predicted molar refractivity (Wildman–Crippen MR) is 101 cm³/mol. The fourth-order valence-corrected chi connectivity index (χ4v) is 2.29. The van der Waals surface area contributed by atoms with Crippen molar-refractivity contribution < 1.29 is 14.1 Å². The standard InChI is InChI=1S/C20H16FN3O3/c21-17-7-5-15(6-8-17)14-27-20-4-2-1-3-16(20)13-22-23-18-9-11-19(12-10-18)24(25)26/h1-13,23H,14H2/b22-13+. The molecule has 1 N–H and O–H groups in total. The van der Waals surface area contributed by atoms with Gasteiger partial charge in [0.05, 0.1) is 16.8 Å². The third-order valence-corrected chi connectivity index (χ3v) is 3.70. The Kier molecular flexibility index (Phi) is 5.73. The molecule has 0 aliphatic rings. The Morgan fingerprint density at radius 1 is 1.04 bits per heavy atom. The summed E-state index contributed by atoms with van der Waals surface area (Å²) in [6, 6.07) is 19.4. The summed E-state index contributed by atoms with van der Waals surface area (Å²) in [5.41, 5.74) is 5.07. The molecule has 0 aliphatic heterocycles. The van der Waals surface area contributed by atoms with Gasteiger partial charge >= 0.3 is 0 Å². The van der Waals surface area contributed by atoms with Crippen molar-refractivity contribution in [1.82, 2.24) is 0 Å². The molecule has 3 rings (SSSR count). The van der Waals surface area contributed by atoms with Crippen LogP contribution in [0.25, 0.3) is 0 Å². The summed E-state index contributed by atoms with van der Waals surface area (Å²) in [6.07, 6.45) is 1.60. The van der Waals surface area contributed by atoms with Gasteiger partial charge in [0.2, 0.25) is 0 Å². The molecule has 0 fully saturated rings. The van der Waals surface area contributed by atoms with Gasteiger partial charge in [-0.25, -0.2) is 4.39 Å². The van der Waals surface area contributed by atoms with E-state index in [1.54, 1.807) is 30.5 Å². The zero-order valence-corrected chi connectivity index (χ0v) is 14.2. The van der Waals surface area contributed by atoms with Gasteiger partial charge in [0.1, 0.15) is 18.2 Å². The number of rotatable bonds is 7. The lowest BCUT2D eigenvalue weighted by atomic mass is 10.2. The van der Waals surface area contributed by atoms with Gasteiger partial charge in [-0.05, 0) is 42.0 Å². The SMILES string of the molecule is O=[N+]([O-])c1ccc(N/N=C/c2ccccc2OCc2ccc(F)cc2)cc1. The van der Waals surface area contributed by atoms with Crippen molar-refractivity contribution in [2.75, 3.05) is 5.43 Å². The first-order valence-electron chi connectivity index (χ1n) is 8.11. The van der Waals surface area contributed by atoms with Crippen molar-refractivity contribution in [3.05, 3.63) is 99.9 Å². The molecule has 7 heteroatoms.